The number of aromatic nitrogens is 1. The van der Waals surface area contributed by atoms with Gasteiger partial charge >= 0.3 is 0 Å². The van der Waals surface area contributed by atoms with E-state index in [4.69, 9.17) is 0 Å². The van der Waals surface area contributed by atoms with Crippen LogP contribution in [0.1, 0.15) is 22.3 Å². The molecular formula is C67H44N2S. The van der Waals surface area contributed by atoms with Gasteiger partial charge in [-0.2, -0.15) is 0 Å². The van der Waals surface area contributed by atoms with E-state index in [1.165, 1.54) is 97.6 Å². The van der Waals surface area contributed by atoms with Crippen LogP contribution in [0.15, 0.2) is 267 Å². The second kappa shape index (κ2) is 16.2. The number of hydrogen-bond acceptors (Lipinski definition) is 2. The van der Waals surface area contributed by atoms with Crippen molar-refractivity contribution in [3.05, 3.63) is 289 Å². The Hall–Kier alpha value is -8.76. The summed E-state index contributed by atoms with van der Waals surface area (Å²) in [5, 5.41) is 5.13. The summed E-state index contributed by atoms with van der Waals surface area (Å²) >= 11 is 1.88. The highest BCUT2D eigenvalue weighted by Crippen LogP contribution is 2.59. The maximum atomic E-state index is 2.49. The van der Waals surface area contributed by atoms with E-state index in [1.807, 2.05) is 11.3 Å². The van der Waals surface area contributed by atoms with Crippen molar-refractivity contribution in [3.63, 3.8) is 0 Å². The van der Waals surface area contributed by atoms with Crippen molar-refractivity contribution in [2.24, 2.45) is 0 Å². The number of nitrogens with zero attached hydrogens (tertiary/aromatic N) is 2. The number of benzene rings is 11. The fraction of sp³-hybridized carbons (Fsp3) is 0.0149. The van der Waals surface area contributed by atoms with E-state index in [1.54, 1.807) is 0 Å². The van der Waals surface area contributed by atoms with E-state index >= 15 is 0 Å². The summed E-state index contributed by atoms with van der Waals surface area (Å²) < 4.78 is 5.07. The SMILES string of the molecule is c1ccc(C2(c3ccccc3)c3ccccc3-c3c(N(c4ccc(-c5cccc(-c6cccc7c6sc6ccccc67)c5)cc4)c4cccc(-n5c6ccccc6c6ccccc65)c4)cccc32)cc1. The van der Waals surface area contributed by atoms with E-state index in [-0.39, 0.29) is 0 Å². The molecule has 328 valence electrons. The van der Waals surface area contributed by atoms with Gasteiger partial charge in [0.1, 0.15) is 0 Å². The number of anilines is 3. The van der Waals surface area contributed by atoms with Crippen molar-refractivity contribution in [1.82, 2.24) is 4.57 Å². The summed E-state index contributed by atoms with van der Waals surface area (Å²) in [6.07, 6.45) is 0. The van der Waals surface area contributed by atoms with Gasteiger partial charge in [0.2, 0.25) is 0 Å². The quantitative estimate of drug-likeness (QED) is 0.147. The van der Waals surface area contributed by atoms with Gasteiger partial charge in [-0.15, -0.1) is 11.3 Å². The summed E-state index contributed by atoms with van der Waals surface area (Å²) in [5.41, 5.74) is 18.6. The maximum absolute atomic E-state index is 2.49. The summed E-state index contributed by atoms with van der Waals surface area (Å²) in [6.45, 7) is 0. The molecule has 0 aliphatic heterocycles. The number of hydrogen-bond donors (Lipinski definition) is 0. The van der Waals surface area contributed by atoms with Gasteiger partial charge in [-0.3, -0.25) is 0 Å². The van der Waals surface area contributed by atoms with Gasteiger partial charge in [-0.1, -0.05) is 206 Å². The highest BCUT2D eigenvalue weighted by atomic mass is 32.1. The fourth-order valence-corrected chi connectivity index (χ4v) is 12.9. The second-order valence-corrected chi connectivity index (χ2v) is 19.4. The molecule has 0 amide bonds. The van der Waals surface area contributed by atoms with Crippen molar-refractivity contribution >= 4 is 70.4 Å². The van der Waals surface area contributed by atoms with Gasteiger partial charge < -0.3 is 9.47 Å². The first-order valence-electron chi connectivity index (χ1n) is 24.1. The smallest absolute Gasteiger partial charge is 0.0714 e. The Kier molecular flexibility index (Phi) is 9.33. The zero-order chi connectivity index (χ0) is 46.2. The molecular weight excluding hydrogens is 865 g/mol. The molecule has 1 aliphatic rings. The van der Waals surface area contributed by atoms with Gasteiger partial charge in [0, 0.05) is 53.6 Å². The number of rotatable bonds is 8. The Labute approximate surface area is 411 Å². The molecule has 0 atom stereocenters. The molecule has 3 heteroatoms. The Morgan fingerprint density at radius 3 is 1.69 bits per heavy atom. The van der Waals surface area contributed by atoms with Crippen molar-refractivity contribution in [2.75, 3.05) is 4.90 Å². The Morgan fingerprint density at radius 1 is 0.357 bits per heavy atom. The lowest BCUT2D eigenvalue weighted by molar-refractivity contribution is 0.768. The minimum Gasteiger partial charge on any atom is -0.310 e. The lowest BCUT2D eigenvalue weighted by Gasteiger charge is -2.34. The first-order chi connectivity index (χ1) is 34.7. The number of thiophene rings is 1. The van der Waals surface area contributed by atoms with Gasteiger partial charge in [-0.05, 0) is 111 Å². The van der Waals surface area contributed by atoms with Crippen LogP contribution in [0.2, 0.25) is 0 Å². The predicted molar refractivity (Wildman–Crippen MR) is 297 cm³/mol. The van der Waals surface area contributed by atoms with Crippen molar-refractivity contribution in [3.8, 4) is 39.1 Å². The molecule has 14 rings (SSSR count). The van der Waals surface area contributed by atoms with Gasteiger partial charge in [0.05, 0.1) is 22.1 Å². The third-order valence-electron chi connectivity index (χ3n) is 14.7. The topological polar surface area (TPSA) is 8.17 Å². The second-order valence-electron chi connectivity index (χ2n) is 18.4. The lowest BCUT2D eigenvalue weighted by Crippen LogP contribution is -2.28. The van der Waals surface area contributed by atoms with E-state index in [2.05, 4.69) is 276 Å². The van der Waals surface area contributed by atoms with E-state index in [0.717, 1.165) is 22.7 Å². The van der Waals surface area contributed by atoms with Crippen LogP contribution in [-0.4, -0.2) is 4.57 Å². The van der Waals surface area contributed by atoms with Crippen LogP contribution < -0.4 is 4.90 Å². The molecule has 0 bridgehead atoms. The van der Waals surface area contributed by atoms with Crippen LogP contribution in [0.3, 0.4) is 0 Å². The molecule has 1 aliphatic carbocycles. The van der Waals surface area contributed by atoms with Gasteiger partial charge in [0.15, 0.2) is 0 Å². The highest BCUT2D eigenvalue weighted by Gasteiger charge is 2.47. The molecule has 2 heterocycles. The minimum atomic E-state index is -0.532. The van der Waals surface area contributed by atoms with Gasteiger partial charge in [0.25, 0.3) is 0 Å². The van der Waals surface area contributed by atoms with E-state index in [0.29, 0.717) is 0 Å². The number of para-hydroxylation sites is 2. The third-order valence-corrected chi connectivity index (χ3v) is 15.9. The maximum Gasteiger partial charge on any atom is 0.0714 e. The summed E-state index contributed by atoms with van der Waals surface area (Å²) in [6, 6.07) is 98.6. The Morgan fingerprint density at radius 2 is 0.929 bits per heavy atom. The van der Waals surface area contributed by atoms with Crippen LogP contribution in [-0.2, 0) is 5.41 Å². The minimum absolute atomic E-state index is 0.532. The molecule has 0 saturated carbocycles. The van der Waals surface area contributed by atoms with E-state index < -0.39 is 5.41 Å². The van der Waals surface area contributed by atoms with Crippen LogP contribution in [0.4, 0.5) is 17.1 Å². The summed E-state index contributed by atoms with van der Waals surface area (Å²) in [7, 11) is 0. The first-order valence-corrected chi connectivity index (χ1v) is 24.9. The molecule has 2 aromatic heterocycles. The molecule has 70 heavy (non-hydrogen) atoms. The van der Waals surface area contributed by atoms with Crippen LogP contribution >= 0.6 is 11.3 Å². The fourth-order valence-electron chi connectivity index (χ4n) is 11.7. The van der Waals surface area contributed by atoms with Crippen LogP contribution in [0.5, 0.6) is 0 Å². The summed E-state index contributed by atoms with van der Waals surface area (Å²) in [5.74, 6) is 0. The molecule has 13 aromatic rings. The van der Waals surface area contributed by atoms with Crippen molar-refractivity contribution in [2.45, 2.75) is 5.41 Å². The normalized spacial score (nSPS) is 12.7. The molecule has 0 radical (unpaired) electrons. The zero-order valence-electron chi connectivity index (χ0n) is 38.2. The average Bonchev–Trinajstić information content (AvgIpc) is 4.09. The third kappa shape index (κ3) is 6.12. The molecule has 0 spiro atoms. The lowest BCUT2D eigenvalue weighted by atomic mass is 9.68. The Bertz CT molecular complexity index is 4030. The van der Waals surface area contributed by atoms with Crippen LogP contribution in [0, 0.1) is 0 Å². The van der Waals surface area contributed by atoms with Crippen molar-refractivity contribution in [1.29, 1.82) is 0 Å². The highest BCUT2D eigenvalue weighted by molar-refractivity contribution is 7.26. The van der Waals surface area contributed by atoms with E-state index in [9.17, 15) is 0 Å². The molecule has 0 saturated heterocycles. The molecule has 11 aromatic carbocycles. The monoisotopic (exact) mass is 908 g/mol. The van der Waals surface area contributed by atoms with Crippen LogP contribution in [0.25, 0.3) is 81.0 Å². The molecule has 2 nitrogen and oxygen atoms in total. The Balaban J connectivity index is 0.967. The summed E-state index contributed by atoms with van der Waals surface area (Å²) in [4.78, 5) is 2.49. The molecule has 0 unspecified atom stereocenters. The standard InChI is InChI=1S/C67H44N2S/c1-3-21-48(22-4-1)67(49-23-5-2-6-24-49)59-33-11-7-30-58(59)65-60(67)34-18-37-63(65)68(51-25-16-26-52(44-51)69-61-35-12-8-27-54(61)55-28-9-13-36-62(55)69)50-41-39-45(40-42-50)46-19-15-20-47(43-46)53-31-17-32-57-56-29-10-14-38-64(56)70-66(53)57/h1-44H. The average molecular weight is 909 g/mol. The molecule has 0 N–H and O–H groups in total. The predicted octanol–water partition coefficient (Wildman–Crippen LogP) is 18.3. The molecule has 0 fully saturated rings. The largest absolute Gasteiger partial charge is 0.310 e. The number of fused-ring (bicyclic) bond motifs is 9. The van der Waals surface area contributed by atoms with Crippen molar-refractivity contribution < 1.29 is 0 Å². The van der Waals surface area contributed by atoms with Gasteiger partial charge in [-0.25, -0.2) is 0 Å². The first kappa shape index (κ1) is 40.3. The zero-order valence-corrected chi connectivity index (χ0v) is 39.0.